The van der Waals surface area contributed by atoms with Crippen LogP contribution in [0.2, 0.25) is 0 Å². The van der Waals surface area contributed by atoms with Gasteiger partial charge in [0.25, 0.3) is 0 Å². The van der Waals surface area contributed by atoms with Crippen LogP contribution in [0.5, 0.6) is 5.75 Å². The second kappa shape index (κ2) is 5.96. The van der Waals surface area contributed by atoms with Gasteiger partial charge in [-0.05, 0) is 43.6 Å². The second-order valence-electron chi connectivity index (χ2n) is 6.32. The fourth-order valence-corrected chi connectivity index (χ4v) is 3.51. The highest BCUT2D eigenvalue weighted by Gasteiger charge is 2.37. The lowest BCUT2D eigenvalue weighted by atomic mass is 9.72. The Morgan fingerprint density at radius 2 is 2.11 bits per heavy atom. The van der Waals surface area contributed by atoms with E-state index in [0.29, 0.717) is 11.8 Å². The van der Waals surface area contributed by atoms with Crippen molar-refractivity contribution in [3.63, 3.8) is 0 Å². The van der Waals surface area contributed by atoms with E-state index in [4.69, 9.17) is 4.74 Å². The third kappa shape index (κ3) is 3.30. The van der Waals surface area contributed by atoms with Crippen LogP contribution in [0.15, 0.2) is 24.3 Å². The summed E-state index contributed by atoms with van der Waals surface area (Å²) in [5.74, 6) is 2.14. The Hall–Kier alpha value is -1.02. The highest BCUT2D eigenvalue weighted by molar-refractivity contribution is 5.38. The van der Waals surface area contributed by atoms with Gasteiger partial charge in [0.1, 0.15) is 5.75 Å². The molecule has 2 nitrogen and oxygen atoms in total. The van der Waals surface area contributed by atoms with E-state index in [1.54, 1.807) is 7.11 Å². The zero-order chi connectivity index (χ0) is 13.9. The Morgan fingerprint density at radius 3 is 2.79 bits per heavy atom. The van der Waals surface area contributed by atoms with Gasteiger partial charge in [-0.2, -0.15) is 0 Å². The van der Waals surface area contributed by atoms with E-state index in [9.17, 15) is 5.11 Å². The fourth-order valence-electron chi connectivity index (χ4n) is 3.51. The van der Waals surface area contributed by atoms with Gasteiger partial charge in [0.15, 0.2) is 0 Å². The van der Waals surface area contributed by atoms with Crippen LogP contribution in [-0.2, 0) is 5.60 Å². The number of hydrogen-bond acceptors (Lipinski definition) is 2. The molecule has 1 aliphatic rings. The molecule has 2 unspecified atom stereocenters. The summed E-state index contributed by atoms with van der Waals surface area (Å²) >= 11 is 0. The van der Waals surface area contributed by atoms with E-state index in [0.717, 1.165) is 30.6 Å². The third-order valence-corrected chi connectivity index (χ3v) is 4.24. The highest BCUT2D eigenvalue weighted by Crippen LogP contribution is 2.44. The molecule has 1 N–H and O–H groups in total. The molecular formula is C17H26O2. The fraction of sp³-hybridized carbons (Fsp3) is 0.647. The molecule has 106 valence electrons. The van der Waals surface area contributed by atoms with Crippen LogP contribution in [0.3, 0.4) is 0 Å². The number of para-hydroxylation sites is 1. The number of methoxy groups -OCH3 is 1. The van der Waals surface area contributed by atoms with Crippen molar-refractivity contribution < 1.29 is 9.84 Å². The maximum absolute atomic E-state index is 11.1. The van der Waals surface area contributed by atoms with Gasteiger partial charge in [-0.15, -0.1) is 0 Å². The van der Waals surface area contributed by atoms with E-state index in [1.807, 2.05) is 24.3 Å². The van der Waals surface area contributed by atoms with E-state index in [-0.39, 0.29) is 0 Å². The largest absolute Gasteiger partial charge is 0.496 e. The van der Waals surface area contributed by atoms with Crippen molar-refractivity contribution in [3.05, 3.63) is 29.8 Å². The molecule has 1 aromatic carbocycles. The predicted octanol–water partition coefficient (Wildman–Crippen LogP) is 4.12. The molecule has 0 radical (unpaired) electrons. The summed E-state index contributed by atoms with van der Waals surface area (Å²) in [5, 5.41) is 11.1. The van der Waals surface area contributed by atoms with E-state index in [2.05, 4.69) is 13.8 Å². The van der Waals surface area contributed by atoms with Crippen molar-refractivity contribution >= 4 is 0 Å². The van der Waals surface area contributed by atoms with Crippen LogP contribution in [0.1, 0.15) is 51.5 Å². The molecule has 2 atom stereocenters. The minimum absolute atomic E-state index is 0.628. The lowest BCUT2D eigenvalue weighted by molar-refractivity contribution is -0.0260. The Kier molecular flexibility index (Phi) is 4.51. The quantitative estimate of drug-likeness (QED) is 0.884. The molecular weight excluding hydrogens is 236 g/mol. The summed E-state index contributed by atoms with van der Waals surface area (Å²) < 4.78 is 5.42. The molecule has 0 heterocycles. The third-order valence-electron chi connectivity index (χ3n) is 4.24. The van der Waals surface area contributed by atoms with Crippen molar-refractivity contribution in [1.82, 2.24) is 0 Å². The van der Waals surface area contributed by atoms with E-state index < -0.39 is 5.60 Å². The van der Waals surface area contributed by atoms with E-state index in [1.165, 1.54) is 12.8 Å². The molecule has 1 aromatic rings. The van der Waals surface area contributed by atoms with Crippen LogP contribution in [0.25, 0.3) is 0 Å². The zero-order valence-corrected chi connectivity index (χ0v) is 12.4. The Bertz CT molecular complexity index is 413. The normalized spacial score (nSPS) is 27.5. The van der Waals surface area contributed by atoms with Crippen molar-refractivity contribution in [2.24, 2.45) is 11.8 Å². The van der Waals surface area contributed by atoms with Crippen molar-refractivity contribution in [2.45, 2.75) is 51.6 Å². The van der Waals surface area contributed by atoms with Crippen LogP contribution in [0, 0.1) is 11.8 Å². The number of benzene rings is 1. The number of ether oxygens (including phenoxy) is 1. The van der Waals surface area contributed by atoms with E-state index >= 15 is 0 Å². The Labute approximate surface area is 116 Å². The summed E-state index contributed by atoms with van der Waals surface area (Å²) in [6.07, 6.45) is 5.27. The molecule has 0 aromatic heterocycles. The Balaban J connectivity index is 2.21. The van der Waals surface area contributed by atoms with Crippen molar-refractivity contribution in [2.75, 3.05) is 7.11 Å². The molecule has 1 saturated carbocycles. The summed E-state index contributed by atoms with van der Waals surface area (Å²) in [5.41, 5.74) is 0.260. The summed E-state index contributed by atoms with van der Waals surface area (Å²) in [7, 11) is 1.68. The molecule has 0 amide bonds. The lowest BCUT2D eigenvalue weighted by Crippen LogP contribution is -2.33. The van der Waals surface area contributed by atoms with Gasteiger partial charge < -0.3 is 9.84 Å². The standard InChI is InChI=1S/C17H26O2/c1-13(2)11-14-7-6-10-17(18,12-14)15-8-4-5-9-16(15)19-3/h4-5,8-9,13-14,18H,6-7,10-12H2,1-3H3. The minimum Gasteiger partial charge on any atom is -0.496 e. The first kappa shape index (κ1) is 14.4. The molecule has 19 heavy (non-hydrogen) atoms. The second-order valence-corrected chi connectivity index (χ2v) is 6.32. The average molecular weight is 262 g/mol. The summed E-state index contributed by atoms with van der Waals surface area (Å²) in [4.78, 5) is 0. The maximum atomic E-state index is 11.1. The van der Waals surface area contributed by atoms with Gasteiger partial charge in [0.2, 0.25) is 0 Å². The smallest absolute Gasteiger partial charge is 0.124 e. The first-order chi connectivity index (χ1) is 9.05. The van der Waals surface area contributed by atoms with Gasteiger partial charge in [-0.3, -0.25) is 0 Å². The van der Waals surface area contributed by atoms with Crippen molar-refractivity contribution in [3.8, 4) is 5.75 Å². The molecule has 0 saturated heterocycles. The molecule has 1 aliphatic carbocycles. The molecule has 2 heteroatoms. The van der Waals surface area contributed by atoms with Gasteiger partial charge >= 0.3 is 0 Å². The average Bonchev–Trinajstić information content (AvgIpc) is 2.38. The molecule has 0 spiro atoms. The lowest BCUT2D eigenvalue weighted by Gasteiger charge is -2.38. The molecule has 2 rings (SSSR count). The summed E-state index contributed by atoms with van der Waals surface area (Å²) in [6.45, 7) is 4.52. The van der Waals surface area contributed by atoms with Crippen LogP contribution >= 0.6 is 0 Å². The highest BCUT2D eigenvalue weighted by atomic mass is 16.5. The SMILES string of the molecule is COc1ccccc1C1(O)CCCC(CC(C)C)C1. The number of hydrogen-bond donors (Lipinski definition) is 1. The first-order valence-electron chi connectivity index (χ1n) is 7.41. The topological polar surface area (TPSA) is 29.5 Å². The zero-order valence-electron chi connectivity index (χ0n) is 12.4. The molecule has 0 bridgehead atoms. The van der Waals surface area contributed by atoms with Gasteiger partial charge in [0, 0.05) is 5.56 Å². The van der Waals surface area contributed by atoms with Gasteiger partial charge in [0.05, 0.1) is 12.7 Å². The van der Waals surface area contributed by atoms with Crippen LogP contribution in [-0.4, -0.2) is 12.2 Å². The summed E-state index contributed by atoms with van der Waals surface area (Å²) in [6, 6.07) is 7.90. The minimum atomic E-state index is -0.704. The van der Waals surface area contributed by atoms with Crippen LogP contribution < -0.4 is 4.74 Å². The monoisotopic (exact) mass is 262 g/mol. The first-order valence-corrected chi connectivity index (χ1v) is 7.41. The van der Waals surface area contributed by atoms with Crippen molar-refractivity contribution in [1.29, 1.82) is 0 Å². The van der Waals surface area contributed by atoms with Crippen LogP contribution in [0.4, 0.5) is 0 Å². The van der Waals surface area contributed by atoms with Gasteiger partial charge in [-0.25, -0.2) is 0 Å². The van der Waals surface area contributed by atoms with Gasteiger partial charge in [-0.1, -0.05) is 38.5 Å². The molecule has 1 fully saturated rings. The Morgan fingerprint density at radius 1 is 1.37 bits per heavy atom. The number of aliphatic hydroxyl groups is 1. The number of rotatable bonds is 4. The maximum Gasteiger partial charge on any atom is 0.124 e. The predicted molar refractivity (Wildman–Crippen MR) is 78.3 cm³/mol. The molecule has 0 aliphatic heterocycles.